The maximum Gasteiger partial charge on any atom is 0.416 e. The molecule has 1 aliphatic heterocycles. The predicted molar refractivity (Wildman–Crippen MR) is 49.9 cm³/mol. The number of fused-ring (bicyclic) bond motifs is 1. The van der Waals surface area contributed by atoms with Crippen molar-refractivity contribution < 1.29 is 23.0 Å². The number of rotatable bonds is 0. The second kappa shape index (κ2) is 3.64. The molecule has 1 aliphatic rings. The SMILES string of the molecule is NC1c2cc(C(F)(F)F)ccc2OCC1O. The Balaban J connectivity index is 2.45. The lowest BCUT2D eigenvalue weighted by atomic mass is 9.97. The lowest BCUT2D eigenvalue weighted by Crippen LogP contribution is -2.35. The zero-order valence-corrected chi connectivity index (χ0v) is 8.16. The Hall–Kier alpha value is -1.27. The van der Waals surface area contributed by atoms with Gasteiger partial charge in [-0.05, 0) is 18.2 Å². The van der Waals surface area contributed by atoms with Crippen molar-refractivity contribution in [3.05, 3.63) is 29.3 Å². The average molecular weight is 233 g/mol. The lowest BCUT2D eigenvalue weighted by Gasteiger charge is -2.28. The number of alkyl halides is 3. The molecule has 2 atom stereocenters. The Bertz CT molecular complexity index is 406. The van der Waals surface area contributed by atoms with Crippen molar-refractivity contribution in [3.63, 3.8) is 0 Å². The number of nitrogens with two attached hydrogens (primary N) is 1. The van der Waals surface area contributed by atoms with E-state index >= 15 is 0 Å². The van der Waals surface area contributed by atoms with E-state index in [1.807, 2.05) is 0 Å². The van der Waals surface area contributed by atoms with Crippen molar-refractivity contribution in [1.29, 1.82) is 0 Å². The molecule has 2 unspecified atom stereocenters. The van der Waals surface area contributed by atoms with Crippen LogP contribution in [0.2, 0.25) is 0 Å². The van der Waals surface area contributed by atoms with Gasteiger partial charge in [0.25, 0.3) is 0 Å². The fourth-order valence-electron chi connectivity index (χ4n) is 1.60. The number of hydrogen-bond donors (Lipinski definition) is 2. The lowest BCUT2D eigenvalue weighted by molar-refractivity contribution is -0.137. The van der Waals surface area contributed by atoms with Crippen LogP contribution >= 0.6 is 0 Å². The highest BCUT2D eigenvalue weighted by Gasteiger charge is 2.34. The molecule has 0 radical (unpaired) electrons. The summed E-state index contributed by atoms with van der Waals surface area (Å²) in [5, 5.41) is 9.39. The van der Waals surface area contributed by atoms with Gasteiger partial charge in [0.1, 0.15) is 18.5 Å². The molecule has 16 heavy (non-hydrogen) atoms. The molecule has 0 saturated heterocycles. The Morgan fingerprint density at radius 2 is 2.06 bits per heavy atom. The van der Waals surface area contributed by atoms with Crippen LogP contribution in [0.25, 0.3) is 0 Å². The maximum absolute atomic E-state index is 12.4. The van der Waals surface area contributed by atoms with Crippen LogP contribution in [0.4, 0.5) is 13.2 Å². The first kappa shape index (κ1) is 11.2. The van der Waals surface area contributed by atoms with Gasteiger partial charge < -0.3 is 15.6 Å². The fourth-order valence-corrected chi connectivity index (χ4v) is 1.60. The third-order valence-corrected chi connectivity index (χ3v) is 2.52. The quantitative estimate of drug-likeness (QED) is 0.713. The van der Waals surface area contributed by atoms with Gasteiger partial charge in [0, 0.05) is 5.56 Å². The summed E-state index contributed by atoms with van der Waals surface area (Å²) in [5.41, 5.74) is 5.00. The number of hydrogen-bond acceptors (Lipinski definition) is 3. The largest absolute Gasteiger partial charge is 0.490 e. The molecule has 1 aromatic carbocycles. The third kappa shape index (κ3) is 1.85. The first-order valence-electron chi connectivity index (χ1n) is 4.67. The Labute approximate surface area is 89.6 Å². The molecule has 1 heterocycles. The summed E-state index contributed by atoms with van der Waals surface area (Å²) < 4.78 is 42.4. The monoisotopic (exact) mass is 233 g/mol. The molecule has 6 heteroatoms. The molecule has 2 rings (SSSR count). The number of ether oxygens (including phenoxy) is 1. The molecular formula is C10H10F3NO2. The first-order valence-corrected chi connectivity index (χ1v) is 4.67. The average Bonchev–Trinajstić information content (AvgIpc) is 2.22. The second-order valence-corrected chi connectivity index (χ2v) is 3.65. The second-order valence-electron chi connectivity index (χ2n) is 3.65. The van der Waals surface area contributed by atoms with Crippen molar-refractivity contribution in [1.82, 2.24) is 0 Å². The van der Waals surface area contributed by atoms with Crippen LogP contribution in [0.3, 0.4) is 0 Å². The highest BCUT2D eigenvalue weighted by Crippen LogP contribution is 2.36. The van der Waals surface area contributed by atoms with Crippen LogP contribution < -0.4 is 10.5 Å². The van der Waals surface area contributed by atoms with E-state index in [0.29, 0.717) is 5.75 Å². The van der Waals surface area contributed by atoms with Gasteiger partial charge in [-0.3, -0.25) is 0 Å². The molecule has 0 spiro atoms. The molecule has 0 aliphatic carbocycles. The number of aliphatic hydroxyl groups is 1. The van der Waals surface area contributed by atoms with Gasteiger partial charge in [0.15, 0.2) is 0 Å². The summed E-state index contributed by atoms with van der Waals surface area (Å²) in [4.78, 5) is 0. The predicted octanol–water partition coefficient (Wildman–Crippen LogP) is 1.46. The highest BCUT2D eigenvalue weighted by molar-refractivity contribution is 5.42. The Kier molecular flexibility index (Phi) is 2.55. The van der Waals surface area contributed by atoms with Crippen molar-refractivity contribution >= 4 is 0 Å². The molecule has 88 valence electrons. The zero-order valence-electron chi connectivity index (χ0n) is 8.16. The van der Waals surface area contributed by atoms with Gasteiger partial charge >= 0.3 is 6.18 Å². The van der Waals surface area contributed by atoms with Crippen molar-refractivity contribution in [2.75, 3.05) is 6.61 Å². The topological polar surface area (TPSA) is 55.5 Å². The van der Waals surface area contributed by atoms with Gasteiger partial charge in [0.2, 0.25) is 0 Å². The van der Waals surface area contributed by atoms with Gasteiger partial charge in [0.05, 0.1) is 11.6 Å². The van der Waals surface area contributed by atoms with Crippen LogP contribution in [0.5, 0.6) is 5.75 Å². The number of aliphatic hydroxyl groups excluding tert-OH is 1. The summed E-state index contributed by atoms with van der Waals surface area (Å²) in [6.45, 7) is -0.000465. The third-order valence-electron chi connectivity index (χ3n) is 2.52. The summed E-state index contributed by atoms with van der Waals surface area (Å²) in [5.74, 6) is 0.297. The molecule has 3 nitrogen and oxygen atoms in total. The molecule has 0 amide bonds. The zero-order chi connectivity index (χ0) is 11.9. The molecule has 0 aromatic heterocycles. The number of benzene rings is 1. The van der Waals surface area contributed by atoms with Gasteiger partial charge in [-0.25, -0.2) is 0 Å². The van der Waals surface area contributed by atoms with E-state index in [1.165, 1.54) is 6.07 Å². The van der Waals surface area contributed by atoms with Crippen molar-refractivity contribution in [2.45, 2.75) is 18.3 Å². The Morgan fingerprint density at radius 3 is 2.69 bits per heavy atom. The van der Waals surface area contributed by atoms with Gasteiger partial charge in [-0.1, -0.05) is 0 Å². The van der Waals surface area contributed by atoms with E-state index in [1.54, 1.807) is 0 Å². The first-order chi connectivity index (χ1) is 7.39. The van der Waals surface area contributed by atoms with Gasteiger partial charge in [-0.2, -0.15) is 13.2 Å². The molecule has 3 N–H and O–H groups in total. The maximum atomic E-state index is 12.4. The minimum Gasteiger partial charge on any atom is -0.490 e. The molecule has 0 bridgehead atoms. The van der Waals surface area contributed by atoms with Crippen LogP contribution in [0, 0.1) is 0 Å². The molecular weight excluding hydrogens is 223 g/mol. The molecule has 1 aromatic rings. The van der Waals surface area contributed by atoms with Crippen LogP contribution in [-0.4, -0.2) is 17.8 Å². The van der Waals surface area contributed by atoms with E-state index in [2.05, 4.69) is 0 Å². The summed E-state index contributed by atoms with van der Waals surface area (Å²) in [6, 6.07) is 2.24. The Morgan fingerprint density at radius 1 is 1.38 bits per heavy atom. The van der Waals surface area contributed by atoms with E-state index < -0.39 is 23.9 Å². The van der Waals surface area contributed by atoms with Crippen molar-refractivity contribution in [3.8, 4) is 5.75 Å². The summed E-state index contributed by atoms with van der Waals surface area (Å²) >= 11 is 0. The highest BCUT2D eigenvalue weighted by atomic mass is 19.4. The minimum absolute atomic E-state index is 0.000465. The fraction of sp³-hybridized carbons (Fsp3) is 0.400. The molecule has 0 saturated carbocycles. The van der Waals surface area contributed by atoms with E-state index in [-0.39, 0.29) is 12.2 Å². The summed E-state index contributed by atoms with van der Waals surface area (Å²) in [6.07, 6.45) is -5.40. The van der Waals surface area contributed by atoms with Crippen LogP contribution in [-0.2, 0) is 6.18 Å². The van der Waals surface area contributed by atoms with Crippen molar-refractivity contribution in [2.24, 2.45) is 5.73 Å². The standard InChI is InChI=1S/C10H10F3NO2/c11-10(12,13)5-1-2-8-6(3-5)9(14)7(15)4-16-8/h1-3,7,9,15H,4,14H2. The minimum atomic E-state index is -4.42. The van der Waals surface area contributed by atoms with Gasteiger partial charge in [-0.15, -0.1) is 0 Å². The smallest absolute Gasteiger partial charge is 0.416 e. The van der Waals surface area contributed by atoms with Crippen LogP contribution in [0.1, 0.15) is 17.2 Å². The van der Waals surface area contributed by atoms with E-state index in [4.69, 9.17) is 10.5 Å². The van der Waals surface area contributed by atoms with E-state index in [0.717, 1.165) is 12.1 Å². The summed E-state index contributed by atoms with van der Waals surface area (Å²) in [7, 11) is 0. The normalized spacial score (nSPS) is 24.8. The molecule has 0 fully saturated rings. The number of halogens is 3. The van der Waals surface area contributed by atoms with E-state index in [9.17, 15) is 18.3 Å². The van der Waals surface area contributed by atoms with Crippen LogP contribution in [0.15, 0.2) is 18.2 Å².